The van der Waals surface area contributed by atoms with E-state index in [2.05, 4.69) is 58.9 Å². The molecule has 0 spiro atoms. The van der Waals surface area contributed by atoms with Crippen molar-refractivity contribution >= 4 is 29.8 Å². The molecule has 0 rings (SSSR count). The maximum absolute atomic E-state index is 12.0. The van der Waals surface area contributed by atoms with Crippen molar-refractivity contribution in [3.8, 4) is 0 Å². The number of aliphatic hydroxyl groups is 1. The van der Waals surface area contributed by atoms with Crippen molar-refractivity contribution in [3.05, 3.63) is 24.3 Å². The van der Waals surface area contributed by atoms with Crippen molar-refractivity contribution in [2.24, 2.45) is 5.92 Å². The summed E-state index contributed by atoms with van der Waals surface area (Å²) >= 11 is 0. The normalized spacial score (nSPS) is 11.9. The molecule has 0 saturated heterocycles. The Morgan fingerprint density at radius 2 is 0.662 bits per heavy atom. The molecule has 0 aromatic heterocycles. The van der Waals surface area contributed by atoms with Crippen LogP contribution in [0.1, 0.15) is 363 Å². The van der Waals surface area contributed by atoms with Crippen molar-refractivity contribution in [2.45, 2.75) is 369 Å². The number of unbranched alkanes of at least 4 members (excludes halogenated alkanes) is 35. The van der Waals surface area contributed by atoms with Gasteiger partial charge in [0.05, 0.1) is 31.8 Å². The van der Waals surface area contributed by atoms with Crippen molar-refractivity contribution < 1.29 is 48.0 Å². The van der Waals surface area contributed by atoms with E-state index in [-0.39, 0.29) is 35.9 Å². The smallest absolute Gasteiger partial charge is 0.316 e. The van der Waals surface area contributed by atoms with Crippen molar-refractivity contribution in [1.29, 1.82) is 0 Å². The molecule has 472 valence electrons. The molecule has 1 unspecified atom stereocenters. The number of esters is 5. The molecule has 1 N–H and O–H groups in total. The van der Waals surface area contributed by atoms with Crippen LogP contribution < -0.4 is 0 Å². The van der Waals surface area contributed by atoms with Gasteiger partial charge < -0.3 is 24.1 Å². The Kier molecular flexibility index (Phi) is 71.3. The van der Waals surface area contributed by atoms with E-state index in [1.807, 2.05) is 0 Å². The lowest BCUT2D eigenvalue weighted by Crippen LogP contribution is -2.20. The fourth-order valence-corrected chi connectivity index (χ4v) is 9.39. The fourth-order valence-electron chi connectivity index (χ4n) is 9.39. The Hall–Kier alpha value is -3.01. The van der Waals surface area contributed by atoms with E-state index in [1.54, 1.807) is 0 Å². The van der Waals surface area contributed by atoms with Crippen molar-refractivity contribution in [2.75, 3.05) is 19.8 Å². The molecule has 2 atom stereocenters. The lowest BCUT2D eigenvalue weighted by Gasteiger charge is -2.14. The number of hydrogen-bond acceptors (Lipinski definition) is 10. The standard InChI is InChI=1S/C24H44O4.C24H46O4.C22H42O2/c1-4-6-8-15-19-23(26)20-16-13-11-9-10-12-14-18-22(17-7-5-2)24(27)28-21(3)25;1-3-4-21-28-24(26)20-18-16-14-12-10-8-6-5-7-9-11-13-15-17-19-22-27-23(2)25;1-3-5-7-8-9-10-11-12-13-14-15-16-17-18-19-20-22(23)24-21-6-4-2/h13,16,22-23,26H,4-12,14-15,17-20H2,1-3H3;3-22H2,1-2H3;12-13H,3-11,14-21H2,1-2H3/b16-13-;;13-12-/t22?,23-;;/m1../s1. The zero-order valence-corrected chi connectivity index (χ0v) is 53.9. The SMILES string of the molecule is CCCCCCCC/C=C\CCCCCCCC(=O)OCCCC.CCCCCC[C@@H](O)C/C=C\CCCCCCC(CCCC)C(=O)OC(C)=O.CCCCOC(=O)CCCCCCCCCCCCCCCCCOC(C)=O. The molecule has 0 aliphatic carbocycles. The zero-order chi connectivity index (χ0) is 59.5. The Morgan fingerprint density at radius 3 is 1.07 bits per heavy atom. The predicted molar refractivity (Wildman–Crippen MR) is 338 cm³/mol. The van der Waals surface area contributed by atoms with Crippen LogP contribution in [0, 0.1) is 5.92 Å². The van der Waals surface area contributed by atoms with Gasteiger partial charge in [-0.25, -0.2) is 0 Å². The molecule has 0 aromatic carbocycles. The number of carbonyl (C=O) groups is 5. The number of carbonyl (C=O) groups excluding carboxylic acids is 5. The van der Waals surface area contributed by atoms with Gasteiger partial charge in [0.15, 0.2) is 0 Å². The molecule has 0 heterocycles. The van der Waals surface area contributed by atoms with Gasteiger partial charge in [-0.3, -0.25) is 24.0 Å². The maximum atomic E-state index is 12.0. The minimum absolute atomic E-state index is 0.0129. The van der Waals surface area contributed by atoms with Crippen LogP contribution in [0.4, 0.5) is 0 Å². The highest BCUT2D eigenvalue weighted by molar-refractivity contribution is 5.85. The lowest BCUT2D eigenvalue weighted by molar-refractivity contribution is -0.161. The second kappa shape index (κ2) is 70.3. The first-order valence-electron chi connectivity index (χ1n) is 34.1. The summed E-state index contributed by atoms with van der Waals surface area (Å²) in [6, 6.07) is 0. The van der Waals surface area contributed by atoms with Crippen LogP contribution in [0.15, 0.2) is 24.3 Å². The Morgan fingerprint density at radius 1 is 0.338 bits per heavy atom. The first kappa shape index (κ1) is 81.2. The van der Waals surface area contributed by atoms with E-state index >= 15 is 0 Å². The average Bonchev–Trinajstić information content (AvgIpc) is 3.43. The zero-order valence-electron chi connectivity index (χ0n) is 53.9. The van der Waals surface area contributed by atoms with Crippen LogP contribution in [0.2, 0.25) is 0 Å². The number of aliphatic hydroxyl groups excluding tert-OH is 1. The van der Waals surface area contributed by atoms with Crippen LogP contribution in [-0.4, -0.2) is 60.9 Å². The van der Waals surface area contributed by atoms with E-state index in [4.69, 9.17) is 18.9 Å². The molecule has 0 fully saturated rings. The second-order valence-corrected chi connectivity index (χ2v) is 22.8. The summed E-state index contributed by atoms with van der Waals surface area (Å²) in [4.78, 5) is 56.5. The van der Waals surface area contributed by atoms with Crippen LogP contribution in [0.25, 0.3) is 0 Å². The number of rotatable bonds is 57. The number of ether oxygens (including phenoxy) is 4. The second-order valence-electron chi connectivity index (χ2n) is 22.8. The van der Waals surface area contributed by atoms with Gasteiger partial charge in [-0.05, 0) is 96.3 Å². The topological polar surface area (TPSA) is 143 Å². The average molecular weight is 1130 g/mol. The van der Waals surface area contributed by atoms with Gasteiger partial charge in [0.25, 0.3) is 0 Å². The molecule has 0 aliphatic rings. The molecular formula is C70H132O10. The van der Waals surface area contributed by atoms with Gasteiger partial charge in [-0.2, -0.15) is 0 Å². The summed E-state index contributed by atoms with van der Waals surface area (Å²) in [5.74, 6) is -1.19. The third-order valence-corrected chi connectivity index (χ3v) is 14.6. The fraction of sp³-hybridized carbons (Fsp3) is 0.871. The summed E-state index contributed by atoms with van der Waals surface area (Å²) in [5.41, 5.74) is 0. The molecule has 0 aromatic rings. The minimum atomic E-state index is -0.510. The van der Waals surface area contributed by atoms with Crippen LogP contribution in [0.3, 0.4) is 0 Å². The third-order valence-electron chi connectivity index (χ3n) is 14.6. The van der Waals surface area contributed by atoms with Gasteiger partial charge in [-0.1, -0.05) is 264 Å². The van der Waals surface area contributed by atoms with Gasteiger partial charge in [0.2, 0.25) is 0 Å². The lowest BCUT2D eigenvalue weighted by atomic mass is 9.95. The minimum Gasteiger partial charge on any atom is -0.466 e. The summed E-state index contributed by atoms with van der Waals surface area (Å²) < 4.78 is 20.0. The Bertz CT molecular complexity index is 1380. The van der Waals surface area contributed by atoms with E-state index in [1.165, 1.54) is 181 Å². The molecule has 0 bridgehead atoms. The molecule has 10 nitrogen and oxygen atoms in total. The summed E-state index contributed by atoms with van der Waals surface area (Å²) in [5, 5.41) is 9.92. The van der Waals surface area contributed by atoms with Crippen LogP contribution in [0.5, 0.6) is 0 Å². The van der Waals surface area contributed by atoms with Gasteiger partial charge in [0, 0.05) is 26.7 Å². The van der Waals surface area contributed by atoms with Crippen LogP contribution >= 0.6 is 0 Å². The van der Waals surface area contributed by atoms with Gasteiger partial charge in [-0.15, -0.1) is 0 Å². The van der Waals surface area contributed by atoms with Crippen molar-refractivity contribution in [1.82, 2.24) is 0 Å². The van der Waals surface area contributed by atoms with E-state index in [0.717, 1.165) is 135 Å². The summed E-state index contributed by atoms with van der Waals surface area (Å²) in [6.07, 6.45) is 65.5. The molecule has 80 heavy (non-hydrogen) atoms. The monoisotopic (exact) mass is 1130 g/mol. The molecule has 0 aliphatic heterocycles. The van der Waals surface area contributed by atoms with E-state index in [0.29, 0.717) is 32.7 Å². The third kappa shape index (κ3) is 73.0. The van der Waals surface area contributed by atoms with E-state index in [9.17, 15) is 29.1 Å². The predicted octanol–water partition coefficient (Wildman–Crippen LogP) is 21.0. The molecule has 10 heteroatoms. The highest BCUT2D eigenvalue weighted by Crippen LogP contribution is 2.20. The van der Waals surface area contributed by atoms with Crippen molar-refractivity contribution in [3.63, 3.8) is 0 Å². The molecule has 0 amide bonds. The maximum Gasteiger partial charge on any atom is 0.316 e. The first-order valence-corrected chi connectivity index (χ1v) is 34.1. The Labute approximate surface area is 495 Å². The summed E-state index contributed by atoms with van der Waals surface area (Å²) in [7, 11) is 0. The molecule has 0 saturated carbocycles. The number of hydrogen-bond donors (Lipinski definition) is 1. The first-order chi connectivity index (χ1) is 39.0. The largest absolute Gasteiger partial charge is 0.466 e. The number of allylic oxidation sites excluding steroid dienone is 3. The quantitative estimate of drug-likeness (QED) is 0.0206. The van der Waals surface area contributed by atoms with Gasteiger partial charge >= 0.3 is 29.8 Å². The highest BCUT2D eigenvalue weighted by atomic mass is 16.6. The molecular weight excluding hydrogens is 1000 g/mol. The van der Waals surface area contributed by atoms with Gasteiger partial charge in [0.1, 0.15) is 0 Å². The highest BCUT2D eigenvalue weighted by Gasteiger charge is 2.20. The molecule has 0 radical (unpaired) electrons. The van der Waals surface area contributed by atoms with Crippen LogP contribution in [-0.2, 0) is 42.9 Å². The van der Waals surface area contributed by atoms with E-state index < -0.39 is 5.97 Å². The Balaban J connectivity index is -0.00000112. The summed E-state index contributed by atoms with van der Waals surface area (Å²) in [6.45, 7) is 15.3.